The van der Waals surface area contributed by atoms with Gasteiger partial charge in [-0.05, 0) is 5.75 Å². The van der Waals surface area contributed by atoms with E-state index < -0.39 is 5.97 Å². The molecule has 0 amide bonds. The summed E-state index contributed by atoms with van der Waals surface area (Å²) in [5.41, 5.74) is 0. The Morgan fingerprint density at radius 2 is 1.91 bits per heavy atom. The van der Waals surface area contributed by atoms with E-state index in [9.17, 15) is 4.79 Å². The quantitative estimate of drug-likeness (QED) is 0.629. The van der Waals surface area contributed by atoms with Crippen LogP contribution in [0.2, 0.25) is 0 Å². The maximum absolute atomic E-state index is 10.1. The second-order valence-electron chi connectivity index (χ2n) is 1.95. The zero-order valence-electron chi connectivity index (χ0n) is 6.71. The number of thioether (sulfide) groups is 2. The lowest BCUT2D eigenvalue weighted by atomic mass is 10.5. The Kier molecular flexibility index (Phi) is 8.40. The fourth-order valence-corrected chi connectivity index (χ4v) is 2.28. The first kappa shape index (κ1) is 11.2. The van der Waals surface area contributed by atoms with Gasteiger partial charge in [-0.15, -0.1) is 0 Å². The highest BCUT2D eigenvalue weighted by Crippen LogP contribution is 2.07. The molecule has 0 aromatic rings. The number of hydrogen-bond acceptors (Lipinski definition) is 3. The predicted molar refractivity (Wildman–Crippen MR) is 52.6 cm³/mol. The SMILES string of the molecule is CCSCCSCCC(=O)O. The van der Waals surface area contributed by atoms with E-state index in [0.29, 0.717) is 6.42 Å². The number of carbonyl (C=O) groups is 1. The van der Waals surface area contributed by atoms with Crippen LogP contribution in [0.15, 0.2) is 0 Å². The van der Waals surface area contributed by atoms with Crippen LogP contribution >= 0.6 is 23.5 Å². The molecule has 0 fully saturated rings. The number of carboxylic acid groups (broad SMARTS) is 1. The van der Waals surface area contributed by atoms with Crippen molar-refractivity contribution < 1.29 is 9.90 Å². The first-order valence-corrected chi connectivity index (χ1v) is 5.95. The topological polar surface area (TPSA) is 37.3 Å². The average Bonchev–Trinajstić information content (AvgIpc) is 1.96. The predicted octanol–water partition coefficient (Wildman–Crippen LogP) is 1.95. The molecule has 0 radical (unpaired) electrons. The second kappa shape index (κ2) is 8.27. The van der Waals surface area contributed by atoms with Crippen molar-refractivity contribution in [2.75, 3.05) is 23.0 Å². The van der Waals surface area contributed by atoms with Gasteiger partial charge in [-0.25, -0.2) is 0 Å². The Morgan fingerprint density at radius 3 is 2.45 bits per heavy atom. The molecule has 0 aromatic carbocycles. The molecule has 66 valence electrons. The van der Waals surface area contributed by atoms with Gasteiger partial charge in [-0.2, -0.15) is 23.5 Å². The third-order valence-corrected chi connectivity index (χ3v) is 3.18. The van der Waals surface area contributed by atoms with Crippen LogP contribution in [-0.4, -0.2) is 34.1 Å². The molecule has 0 unspecified atom stereocenters. The normalized spacial score (nSPS) is 9.91. The van der Waals surface area contributed by atoms with Crippen LogP contribution in [0, 0.1) is 0 Å². The van der Waals surface area contributed by atoms with Gasteiger partial charge < -0.3 is 5.11 Å². The summed E-state index contributed by atoms with van der Waals surface area (Å²) in [7, 11) is 0. The van der Waals surface area contributed by atoms with Crippen molar-refractivity contribution in [3.05, 3.63) is 0 Å². The number of aliphatic carboxylic acids is 1. The van der Waals surface area contributed by atoms with Gasteiger partial charge in [-0.1, -0.05) is 6.92 Å². The summed E-state index contributed by atoms with van der Waals surface area (Å²) in [4.78, 5) is 10.1. The van der Waals surface area contributed by atoms with E-state index in [-0.39, 0.29) is 0 Å². The lowest BCUT2D eigenvalue weighted by Gasteiger charge is -1.97. The molecular formula is C7H14O2S2. The highest BCUT2D eigenvalue weighted by Gasteiger charge is 1.95. The van der Waals surface area contributed by atoms with E-state index in [1.165, 1.54) is 0 Å². The molecular weight excluding hydrogens is 180 g/mol. The summed E-state index contributed by atoms with van der Waals surface area (Å²) in [6.07, 6.45) is 0.293. The van der Waals surface area contributed by atoms with Gasteiger partial charge in [0.1, 0.15) is 0 Å². The van der Waals surface area contributed by atoms with Gasteiger partial charge in [0.25, 0.3) is 0 Å². The van der Waals surface area contributed by atoms with E-state index in [1.54, 1.807) is 11.8 Å². The van der Waals surface area contributed by atoms with E-state index in [4.69, 9.17) is 5.11 Å². The molecule has 0 atom stereocenters. The van der Waals surface area contributed by atoms with Crippen LogP contribution < -0.4 is 0 Å². The van der Waals surface area contributed by atoms with E-state index in [0.717, 1.165) is 23.0 Å². The molecule has 2 nitrogen and oxygen atoms in total. The van der Waals surface area contributed by atoms with Crippen molar-refractivity contribution >= 4 is 29.5 Å². The van der Waals surface area contributed by atoms with Crippen LogP contribution in [0.3, 0.4) is 0 Å². The summed E-state index contributed by atoms with van der Waals surface area (Å²) in [6, 6.07) is 0. The Labute approximate surface area is 76.1 Å². The van der Waals surface area contributed by atoms with E-state index >= 15 is 0 Å². The summed E-state index contributed by atoms with van der Waals surface area (Å²) >= 11 is 3.62. The van der Waals surface area contributed by atoms with Crippen molar-refractivity contribution in [3.63, 3.8) is 0 Å². The molecule has 11 heavy (non-hydrogen) atoms. The van der Waals surface area contributed by atoms with Crippen LogP contribution in [-0.2, 0) is 4.79 Å². The van der Waals surface area contributed by atoms with Gasteiger partial charge in [-0.3, -0.25) is 4.79 Å². The molecule has 0 heterocycles. The molecule has 0 aliphatic rings. The Hall–Kier alpha value is 0.170. The summed E-state index contributed by atoms with van der Waals surface area (Å²) in [5, 5.41) is 8.30. The van der Waals surface area contributed by atoms with Gasteiger partial charge in [0, 0.05) is 17.3 Å². The molecule has 0 aromatic heterocycles. The first-order valence-electron chi connectivity index (χ1n) is 3.64. The Balaban J connectivity index is 2.85. The van der Waals surface area contributed by atoms with Crippen molar-refractivity contribution in [2.24, 2.45) is 0 Å². The molecule has 0 saturated heterocycles. The maximum atomic E-state index is 10.1. The van der Waals surface area contributed by atoms with Gasteiger partial charge in [0.15, 0.2) is 0 Å². The number of rotatable bonds is 7. The highest BCUT2D eigenvalue weighted by atomic mass is 32.2. The van der Waals surface area contributed by atoms with Crippen molar-refractivity contribution in [2.45, 2.75) is 13.3 Å². The molecule has 0 bridgehead atoms. The van der Waals surface area contributed by atoms with E-state index in [2.05, 4.69) is 6.92 Å². The lowest BCUT2D eigenvalue weighted by Crippen LogP contribution is -1.97. The number of hydrogen-bond donors (Lipinski definition) is 1. The fourth-order valence-electron chi connectivity index (χ4n) is 0.524. The van der Waals surface area contributed by atoms with Crippen molar-refractivity contribution in [1.82, 2.24) is 0 Å². The Bertz CT molecular complexity index is 107. The monoisotopic (exact) mass is 194 g/mol. The first-order chi connectivity index (χ1) is 5.27. The van der Waals surface area contributed by atoms with Crippen LogP contribution in [0.4, 0.5) is 0 Å². The van der Waals surface area contributed by atoms with Crippen molar-refractivity contribution in [3.8, 4) is 0 Å². The fraction of sp³-hybridized carbons (Fsp3) is 0.857. The highest BCUT2D eigenvalue weighted by molar-refractivity contribution is 8.02. The molecule has 0 saturated carbocycles. The zero-order valence-corrected chi connectivity index (χ0v) is 8.34. The van der Waals surface area contributed by atoms with Gasteiger partial charge >= 0.3 is 5.97 Å². The zero-order chi connectivity index (χ0) is 8.53. The maximum Gasteiger partial charge on any atom is 0.304 e. The standard InChI is InChI=1S/C7H14O2S2/c1-2-10-5-6-11-4-3-7(8)9/h2-6H2,1H3,(H,8,9). The van der Waals surface area contributed by atoms with E-state index in [1.807, 2.05) is 11.8 Å². The molecule has 4 heteroatoms. The smallest absolute Gasteiger partial charge is 0.304 e. The Morgan fingerprint density at radius 1 is 1.27 bits per heavy atom. The minimum absolute atomic E-state index is 0.293. The van der Waals surface area contributed by atoms with Gasteiger partial charge in [0.05, 0.1) is 6.42 Å². The minimum Gasteiger partial charge on any atom is -0.481 e. The molecule has 0 spiro atoms. The third kappa shape index (κ3) is 10.2. The second-order valence-corrected chi connectivity index (χ2v) is 4.57. The van der Waals surface area contributed by atoms with Crippen LogP contribution in [0.5, 0.6) is 0 Å². The van der Waals surface area contributed by atoms with Crippen LogP contribution in [0.1, 0.15) is 13.3 Å². The number of carboxylic acids is 1. The summed E-state index contributed by atoms with van der Waals surface area (Å²) in [6.45, 7) is 2.13. The largest absolute Gasteiger partial charge is 0.481 e. The van der Waals surface area contributed by atoms with Crippen LogP contribution in [0.25, 0.3) is 0 Å². The molecule has 1 N–H and O–H groups in total. The third-order valence-electron chi connectivity index (χ3n) is 1.04. The van der Waals surface area contributed by atoms with Crippen molar-refractivity contribution in [1.29, 1.82) is 0 Å². The van der Waals surface area contributed by atoms with Gasteiger partial charge in [0.2, 0.25) is 0 Å². The molecule has 0 aliphatic heterocycles. The lowest BCUT2D eigenvalue weighted by molar-refractivity contribution is -0.136. The average molecular weight is 194 g/mol. The summed E-state index contributed by atoms with van der Waals surface area (Å²) < 4.78 is 0. The minimum atomic E-state index is -0.694. The molecule has 0 aliphatic carbocycles. The summed E-state index contributed by atoms with van der Waals surface area (Å²) in [5.74, 6) is 3.42. The molecule has 0 rings (SSSR count).